The van der Waals surface area contributed by atoms with E-state index in [2.05, 4.69) is 41.4 Å². The van der Waals surface area contributed by atoms with E-state index in [9.17, 15) is 0 Å². The third-order valence-electron chi connectivity index (χ3n) is 3.51. The molecule has 0 saturated heterocycles. The molecule has 0 aromatic carbocycles. The molecule has 0 aliphatic heterocycles. The van der Waals surface area contributed by atoms with Crippen molar-refractivity contribution >= 4 is 11.6 Å². The highest BCUT2D eigenvalue weighted by molar-refractivity contribution is 5.48. The van der Waals surface area contributed by atoms with Crippen molar-refractivity contribution in [1.29, 1.82) is 0 Å². The Bertz CT molecular complexity index is 413. The predicted molar refractivity (Wildman–Crippen MR) is 85.3 cm³/mol. The van der Waals surface area contributed by atoms with E-state index in [-0.39, 0.29) is 0 Å². The molecule has 1 aliphatic carbocycles. The van der Waals surface area contributed by atoms with Crippen LogP contribution in [0.1, 0.15) is 64.6 Å². The molecule has 112 valence electrons. The van der Waals surface area contributed by atoms with Crippen LogP contribution >= 0.6 is 0 Å². The second-order valence-corrected chi connectivity index (χ2v) is 6.16. The van der Waals surface area contributed by atoms with E-state index in [1.807, 2.05) is 6.07 Å². The van der Waals surface area contributed by atoms with Crippen LogP contribution in [0.5, 0.6) is 0 Å². The molecular formula is C16H28N4. The molecule has 1 aromatic rings. The van der Waals surface area contributed by atoms with Gasteiger partial charge in [0.1, 0.15) is 17.5 Å². The third-order valence-corrected chi connectivity index (χ3v) is 3.51. The first-order valence-electron chi connectivity index (χ1n) is 8.05. The summed E-state index contributed by atoms with van der Waals surface area (Å²) >= 11 is 0. The van der Waals surface area contributed by atoms with Crippen molar-refractivity contribution in [3.8, 4) is 0 Å². The fourth-order valence-electron chi connectivity index (χ4n) is 2.15. The standard InChI is InChI=1S/C16H28N4/c1-4-9-17-14-11-15(18-10-5-6-12(2)3)20-16(19-14)13-7-8-13/h11-13H,4-10H2,1-3H3,(H2,17,18,19,20). The summed E-state index contributed by atoms with van der Waals surface area (Å²) in [4.78, 5) is 9.29. The number of hydrogen-bond acceptors (Lipinski definition) is 4. The normalized spacial score (nSPS) is 14.6. The van der Waals surface area contributed by atoms with Gasteiger partial charge >= 0.3 is 0 Å². The summed E-state index contributed by atoms with van der Waals surface area (Å²) in [6.07, 6.45) is 6.04. The van der Waals surface area contributed by atoms with Gasteiger partial charge in [0.05, 0.1) is 0 Å². The second kappa shape index (κ2) is 7.46. The van der Waals surface area contributed by atoms with Crippen LogP contribution in [0.15, 0.2) is 6.07 Å². The lowest BCUT2D eigenvalue weighted by Crippen LogP contribution is -2.09. The van der Waals surface area contributed by atoms with Gasteiger partial charge in [-0.2, -0.15) is 0 Å². The Morgan fingerprint density at radius 2 is 1.80 bits per heavy atom. The van der Waals surface area contributed by atoms with Crippen LogP contribution in [0.4, 0.5) is 11.6 Å². The highest BCUT2D eigenvalue weighted by Crippen LogP contribution is 2.38. The van der Waals surface area contributed by atoms with Gasteiger partial charge < -0.3 is 10.6 Å². The Labute approximate surface area is 122 Å². The van der Waals surface area contributed by atoms with Crippen molar-refractivity contribution in [2.45, 2.75) is 58.8 Å². The molecule has 4 heteroatoms. The van der Waals surface area contributed by atoms with Crippen molar-refractivity contribution in [2.24, 2.45) is 5.92 Å². The van der Waals surface area contributed by atoms with E-state index in [0.29, 0.717) is 5.92 Å². The number of nitrogens with one attached hydrogen (secondary N) is 2. The van der Waals surface area contributed by atoms with Gasteiger partial charge in [0.2, 0.25) is 0 Å². The Morgan fingerprint density at radius 1 is 1.15 bits per heavy atom. The van der Waals surface area contributed by atoms with E-state index in [4.69, 9.17) is 0 Å². The van der Waals surface area contributed by atoms with Crippen LogP contribution in [-0.4, -0.2) is 23.1 Å². The number of anilines is 2. The molecule has 1 heterocycles. The van der Waals surface area contributed by atoms with E-state index in [1.54, 1.807) is 0 Å². The highest BCUT2D eigenvalue weighted by Gasteiger charge is 2.27. The Kier molecular flexibility index (Phi) is 5.62. The average Bonchev–Trinajstić information content (AvgIpc) is 3.25. The van der Waals surface area contributed by atoms with Crippen molar-refractivity contribution in [2.75, 3.05) is 23.7 Å². The van der Waals surface area contributed by atoms with Crippen molar-refractivity contribution in [3.63, 3.8) is 0 Å². The van der Waals surface area contributed by atoms with Crippen LogP contribution in [0.25, 0.3) is 0 Å². The summed E-state index contributed by atoms with van der Waals surface area (Å²) in [5.41, 5.74) is 0. The van der Waals surface area contributed by atoms with Gasteiger partial charge in [-0.15, -0.1) is 0 Å². The van der Waals surface area contributed by atoms with E-state index in [1.165, 1.54) is 25.7 Å². The maximum absolute atomic E-state index is 4.66. The lowest BCUT2D eigenvalue weighted by molar-refractivity contribution is 0.566. The van der Waals surface area contributed by atoms with Crippen LogP contribution in [-0.2, 0) is 0 Å². The average molecular weight is 276 g/mol. The molecule has 0 spiro atoms. The molecule has 1 aromatic heterocycles. The van der Waals surface area contributed by atoms with Gasteiger partial charge in [0, 0.05) is 25.1 Å². The van der Waals surface area contributed by atoms with Gasteiger partial charge in [-0.3, -0.25) is 0 Å². The van der Waals surface area contributed by atoms with Gasteiger partial charge in [0.25, 0.3) is 0 Å². The van der Waals surface area contributed by atoms with Crippen molar-refractivity contribution < 1.29 is 0 Å². The molecule has 0 amide bonds. The molecule has 0 radical (unpaired) electrons. The Balaban J connectivity index is 1.93. The van der Waals surface area contributed by atoms with Gasteiger partial charge in [0.15, 0.2) is 0 Å². The minimum Gasteiger partial charge on any atom is -0.370 e. The lowest BCUT2D eigenvalue weighted by Gasteiger charge is -2.11. The molecular weight excluding hydrogens is 248 g/mol. The summed E-state index contributed by atoms with van der Waals surface area (Å²) in [5.74, 6) is 4.32. The number of rotatable bonds is 9. The second-order valence-electron chi connectivity index (χ2n) is 6.16. The number of hydrogen-bond donors (Lipinski definition) is 2. The van der Waals surface area contributed by atoms with Gasteiger partial charge in [-0.1, -0.05) is 20.8 Å². The molecule has 2 rings (SSSR count). The van der Waals surface area contributed by atoms with Crippen LogP contribution in [0.3, 0.4) is 0 Å². The zero-order valence-electron chi connectivity index (χ0n) is 13.1. The molecule has 4 nitrogen and oxygen atoms in total. The predicted octanol–water partition coefficient (Wildman–Crippen LogP) is 4.02. The van der Waals surface area contributed by atoms with E-state index < -0.39 is 0 Å². The zero-order chi connectivity index (χ0) is 14.4. The summed E-state index contributed by atoms with van der Waals surface area (Å²) in [6, 6.07) is 2.04. The van der Waals surface area contributed by atoms with Gasteiger partial charge in [-0.05, 0) is 38.0 Å². The summed E-state index contributed by atoms with van der Waals surface area (Å²) in [6.45, 7) is 8.66. The highest BCUT2D eigenvalue weighted by atomic mass is 15.1. The summed E-state index contributed by atoms with van der Waals surface area (Å²) in [7, 11) is 0. The smallest absolute Gasteiger partial charge is 0.136 e. The van der Waals surface area contributed by atoms with Crippen LogP contribution in [0.2, 0.25) is 0 Å². The Hall–Kier alpha value is -1.32. The summed E-state index contributed by atoms with van der Waals surface area (Å²) < 4.78 is 0. The first-order valence-corrected chi connectivity index (χ1v) is 8.05. The fraction of sp³-hybridized carbons (Fsp3) is 0.750. The molecule has 0 atom stereocenters. The summed E-state index contributed by atoms with van der Waals surface area (Å²) in [5, 5.41) is 6.82. The third kappa shape index (κ3) is 4.99. The zero-order valence-corrected chi connectivity index (χ0v) is 13.1. The molecule has 0 unspecified atom stereocenters. The van der Waals surface area contributed by atoms with Crippen molar-refractivity contribution in [3.05, 3.63) is 11.9 Å². The molecule has 1 fully saturated rings. The molecule has 1 saturated carbocycles. The molecule has 1 aliphatic rings. The minimum atomic E-state index is 0.592. The SMILES string of the molecule is CCCNc1cc(NCCCC(C)C)nc(C2CC2)n1. The largest absolute Gasteiger partial charge is 0.370 e. The first-order chi connectivity index (χ1) is 9.69. The van der Waals surface area contributed by atoms with E-state index in [0.717, 1.165) is 42.9 Å². The lowest BCUT2D eigenvalue weighted by atomic mass is 10.1. The first kappa shape index (κ1) is 15.1. The maximum Gasteiger partial charge on any atom is 0.136 e. The fourth-order valence-corrected chi connectivity index (χ4v) is 2.15. The maximum atomic E-state index is 4.66. The minimum absolute atomic E-state index is 0.592. The van der Waals surface area contributed by atoms with Crippen LogP contribution < -0.4 is 10.6 Å². The number of aromatic nitrogens is 2. The van der Waals surface area contributed by atoms with Crippen LogP contribution in [0, 0.1) is 5.92 Å². The molecule has 20 heavy (non-hydrogen) atoms. The Morgan fingerprint density at radius 3 is 2.35 bits per heavy atom. The van der Waals surface area contributed by atoms with Gasteiger partial charge in [-0.25, -0.2) is 9.97 Å². The van der Waals surface area contributed by atoms with E-state index >= 15 is 0 Å². The monoisotopic (exact) mass is 276 g/mol. The quantitative estimate of drug-likeness (QED) is 0.669. The van der Waals surface area contributed by atoms with Crippen molar-refractivity contribution in [1.82, 2.24) is 9.97 Å². The molecule has 0 bridgehead atoms. The molecule has 2 N–H and O–H groups in total. The number of nitrogens with zero attached hydrogens (tertiary/aromatic N) is 2. The topological polar surface area (TPSA) is 49.8 Å².